The van der Waals surface area contributed by atoms with Gasteiger partial charge in [0.2, 0.25) is 11.9 Å². The van der Waals surface area contributed by atoms with Crippen LogP contribution < -0.4 is 10.6 Å². The Labute approximate surface area is 231 Å². The van der Waals surface area contributed by atoms with Gasteiger partial charge in [0, 0.05) is 38.5 Å². The first-order chi connectivity index (χ1) is 18.8. The molecule has 3 N–H and O–H groups in total. The van der Waals surface area contributed by atoms with E-state index in [2.05, 4.69) is 25.6 Å². The summed E-state index contributed by atoms with van der Waals surface area (Å²) in [6.45, 7) is 5.54. The number of nitrogens with one attached hydrogen (secondary N) is 2. The number of ether oxygens (including phenoxy) is 1. The maximum atomic E-state index is 13.4. The van der Waals surface area contributed by atoms with Gasteiger partial charge in [-0.25, -0.2) is 15.0 Å². The number of anilines is 1. The predicted octanol–water partition coefficient (Wildman–Crippen LogP) is 2.59. The first-order valence-corrected chi connectivity index (χ1v) is 13.4. The molecule has 12 heteroatoms. The molecule has 1 unspecified atom stereocenters. The minimum absolute atomic E-state index is 0.210. The fourth-order valence-corrected chi connectivity index (χ4v) is 5.07. The molecule has 3 aromatic rings. The number of hydrogen-bond acceptors (Lipinski definition) is 8. The Hall–Kier alpha value is -3.54. The normalized spacial score (nSPS) is 17.4. The highest BCUT2D eigenvalue weighted by molar-refractivity contribution is 6.32. The number of carbonyl (C=O) groups excluding carboxylic acids is 2. The van der Waals surface area contributed by atoms with Crippen LogP contribution in [0.4, 0.5) is 5.95 Å². The summed E-state index contributed by atoms with van der Waals surface area (Å²) in [5.41, 5.74) is 2.71. The largest absolute Gasteiger partial charge is 0.394 e. The summed E-state index contributed by atoms with van der Waals surface area (Å²) in [6, 6.07) is 6.47. The summed E-state index contributed by atoms with van der Waals surface area (Å²) in [5, 5.41) is 16.4. The number of fused-ring (bicyclic) bond motifs is 1. The van der Waals surface area contributed by atoms with Crippen molar-refractivity contribution in [2.45, 2.75) is 51.4 Å². The molecule has 11 nitrogen and oxygen atoms in total. The molecule has 1 aromatic carbocycles. The van der Waals surface area contributed by atoms with E-state index < -0.39 is 12.1 Å². The second-order valence-corrected chi connectivity index (χ2v) is 10.3. The van der Waals surface area contributed by atoms with E-state index in [0.29, 0.717) is 48.7 Å². The third-order valence-electron chi connectivity index (χ3n) is 7.14. The quantitative estimate of drug-likeness (QED) is 0.387. The van der Waals surface area contributed by atoms with Crippen molar-refractivity contribution < 1.29 is 19.4 Å². The first-order valence-electron chi connectivity index (χ1n) is 13.1. The number of nitrogens with zero attached hydrogens (tertiary/aromatic N) is 5. The lowest BCUT2D eigenvalue weighted by Gasteiger charge is -2.32. The topological polar surface area (TPSA) is 134 Å². The van der Waals surface area contributed by atoms with Crippen LogP contribution in [0, 0.1) is 6.92 Å². The van der Waals surface area contributed by atoms with Crippen LogP contribution in [0.2, 0.25) is 5.02 Å². The molecule has 2 aromatic heterocycles. The van der Waals surface area contributed by atoms with Gasteiger partial charge in [0.05, 0.1) is 23.9 Å². The van der Waals surface area contributed by atoms with Gasteiger partial charge in [0.1, 0.15) is 17.4 Å². The zero-order valence-electron chi connectivity index (χ0n) is 21.9. The number of imidazole rings is 1. The molecule has 0 radical (unpaired) electrons. The summed E-state index contributed by atoms with van der Waals surface area (Å²) >= 11 is 6.43. The van der Waals surface area contributed by atoms with Crippen molar-refractivity contribution in [2.75, 3.05) is 31.7 Å². The molecule has 2 amide bonds. The van der Waals surface area contributed by atoms with Crippen LogP contribution in [-0.2, 0) is 16.1 Å². The van der Waals surface area contributed by atoms with Crippen LogP contribution in [0.1, 0.15) is 47.6 Å². The van der Waals surface area contributed by atoms with E-state index in [1.54, 1.807) is 17.7 Å². The number of benzene rings is 1. The summed E-state index contributed by atoms with van der Waals surface area (Å²) in [5.74, 6) is -0.0664. The fourth-order valence-electron chi connectivity index (χ4n) is 4.88. The molecule has 2 aliphatic heterocycles. The Kier molecular flexibility index (Phi) is 8.10. The Bertz CT molecular complexity index is 1360. The summed E-state index contributed by atoms with van der Waals surface area (Å²) in [7, 11) is 0. The standard InChI is InChI=1S/C27H32ClN7O4/c1-16-4-3-5-18(12-16)22(15-36)32-25(37)17(2)35-9-8-34-14-21(31-24(34)26(35)38)23-20(28)13-29-27(33-23)30-19-6-10-39-11-7-19/h3-5,12-14,17,19,22,36H,6-11,15H2,1-2H3,(H,32,37)(H,29,30,33)/t17?,22-/m1/s1. The van der Waals surface area contributed by atoms with E-state index in [4.69, 9.17) is 16.3 Å². The molecule has 2 aliphatic rings. The molecule has 0 bridgehead atoms. The Morgan fingerprint density at radius 1 is 1.26 bits per heavy atom. The minimum Gasteiger partial charge on any atom is -0.394 e. The lowest BCUT2D eigenvalue weighted by atomic mass is 10.0. The predicted molar refractivity (Wildman–Crippen MR) is 145 cm³/mol. The van der Waals surface area contributed by atoms with Crippen molar-refractivity contribution >= 4 is 29.4 Å². The molecule has 39 heavy (non-hydrogen) atoms. The van der Waals surface area contributed by atoms with Crippen molar-refractivity contribution in [1.82, 2.24) is 29.7 Å². The fraction of sp³-hybridized carbons (Fsp3) is 0.444. The van der Waals surface area contributed by atoms with E-state index in [9.17, 15) is 14.7 Å². The van der Waals surface area contributed by atoms with E-state index in [-0.39, 0.29) is 30.3 Å². The Balaban J connectivity index is 1.30. The zero-order valence-corrected chi connectivity index (χ0v) is 22.7. The number of aromatic nitrogens is 4. The monoisotopic (exact) mass is 553 g/mol. The van der Waals surface area contributed by atoms with E-state index in [1.807, 2.05) is 31.2 Å². The summed E-state index contributed by atoms with van der Waals surface area (Å²) in [6.07, 6.45) is 5.00. The van der Waals surface area contributed by atoms with Crippen LogP contribution in [0.15, 0.2) is 36.7 Å². The molecule has 1 fully saturated rings. The molecule has 1 saturated heterocycles. The van der Waals surface area contributed by atoms with Crippen molar-refractivity contribution in [3.8, 4) is 11.4 Å². The third kappa shape index (κ3) is 5.90. The molecular formula is C27H32ClN7O4. The van der Waals surface area contributed by atoms with Crippen molar-refractivity contribution in [1.29, 1.82) is 0 Å². The third-order valence-corrected chi connectivity index (χ3v) is 7.42. The highest BCUT2D eigenvalue weighted by atomic mass is 35.5. The molecular weight excluding hydrogens is 522 g/mol. The van der Waals surface area contributed by atoms with Crippen molar-refractivity contribution in [2.24, 2.45) is 0 Å². The molecule has 206 valence electrons. The van der Waals surface area contributed by atoms with Gasteiger partial charge in [-0.2, -0.15) is 0 Å². The van der Waals surface area contributed by atoms with Gasteiger partial charge in [-0.1, -0.05) is 41.4 Å². The molecule has 0 aliphatic carbocycles. The van der Waals surface area contributed by atoms with Gasteiger partial charge in [0.15, 0.2) is 5.82 Å². The molecule has 0 saturated carbocycles. The molecule has 2 atom stereocenters. The van der Waals surface area contributed by atoms with Crippen LogP contribution in [0.25, 0.3) is 11.4 Å². The van der Waals surface area contributed by atoms with Crippen molar-refractivity contribution in [3.63, 3.8) is 0 Å². The number of aliphatic hydroxyl groups is 1. The van der Waals surface area contributed by atoms with Crippen molar-refractivity contribution in [3.05, 3.63) is 58.6 Å². The lowest BCUT2D eigenvalue weighted by molar-refractivity contribution is -0.126. The number of carbonyl (C=O) groups is 2. The minimum atomic E-state index is -0.761. The van der Waals surface area contributed by atoms with Crippen LogP contribution in [0.3, 0.4) is 0 Å². The number of aliphatic hydroxyl groups excluding tert-OH is 1. The van der Waals surface area contributed by atoms with E-state index in [0.717, 1.165) is 24.0 Å². The summed E-state index contributed by atoms with van der Waals surface area (Å²) < 4.78 is 7.16. The number of hydrogen-bond donors (Lipinski definition) is 3. The van der Waals surface area contributed by atoms with Crippen LogP contribution in [-0.4, -0.2) is 79.8 Å². The summed E-state index contributed by atoms with van der Waals surface area (Å²) in [4.78, 5) is 41.5. The number of halogens is 1. The number of aryl methyl sites for hydroxylation is 1. The number of rotatable bonds is 8. The number of amides is 2. The van der Waals surface area contributed by atoms with E-state index in [1.165, 1.54) is 11.1 Å². The zero-order chi connectivity index (χ0) is 27.5. The van der Waals surface area contributed by atoms with Gasteiger partial charge < -0.3 is 29.9 Å². The van der Waals surface area contributed by atoms with Crippen LogP contribution >= 0.6 is 11.6 Å². The highest BCUT2D eigenvalue weighted by Gasteiger charge is 2.34. The van der Waals surface area contributed by atoms with Gasteiger partial charge >= 0.3 is 0 Å². The molecule has 4 heterocycles. The van der Waals surface area contributed by atoms with Crippen LogP contribution in [0.5, 0.6) is 0 Å². The van der Waals surface area contributed by atoms with Gasteiger partial charge in [0.25, 0.3) is 5.91 Å². The second-order valence-electron chi connectivity index (χ2n) is 9.90. The van der Waals surface area contributed by atoms with E-state index >= 15 is 0 Å². The second kappa shape index (κ2) is 11.7. The average Bonchev–Trinajstić information content (AvgIpc) is 3.38. The molecule has 5 rings (SSSR count). The maximum absolute atomic E-state index is 13.4. The molecule has 0 spiro atoms. The van der Waals surface area contributed by atoms with Gasteiger partial charge in [-0.3, -0.25) is 9.59 Å². The smallest absolute Gasteiger partial charge is 0.290 e. The van der Waals surface area contributed by atoms with Gasteiger partial charge in [-0.05, 0) is 32.3 Å². The lowest BCUT2D eigenvalue weighted by Crippen LogP contribution is -2.52. The van der Waals surface area contributed by atoms with Gasteiger partial charge in [-0.15, -0.1) is 0 Å². The Morgan fingerprint density at radius 2 is 2.05 bits per heavy atom. The highest BCUT2D eigenvalue weighted by Crippen LogP contribution is 2.28. The average molecular weight is 554 g/mol. The Morgan fingerprint density at radius 3 is 2.79 bits per heavy atom. The first kappa shape index (κ1) is 27.0. The SMILES string of the molecule is Cc1cccc([C@@H](CO)NC(=O)C(C)N2CCn3cc(-c4nc(NC5CCOCC5)ncc4Cl)nc3C2=O)c1. The maximum Gasteiger partial charge on any atom is 0.290 e.